The molecule has 1 aliphatic rings. The number of nitrogens with zero attached hydrogens (tertiary/aromatic N) is 3. The first-order chi connectivity index (χ1) is 11.8. The van der Waals surface area contributed by atoms with Gasteiger partial charge in [-0.25, -0.2) is 0 Å². The molecule has 3 aromatic rings. The summed E-state index contributed by atoms with van der Waals surface area (Å²) in [5.41, 5.74) is 4.75. The Morgan fingerprint density at radius 1 is 1.46 bits per heavy atom. The molecule has 0 aliphatic carbocycles. The Morgan fingerprint density at radius 3 is 3.17 bits per heavy atom. The molecule has 0 bridgehead atoms. The summed E-state index contributed by atoms with van der Waals surface area (Å²) in [6.45, 7) is 6.20. The van der Waals surface area contributed by atoms with E-state index in [0.29, 0.717) is 6.04 Å². The number of aromatic amines is 1. The van der Waals surface area contributed by atoms with Gasteiger partial charge in [0, 0.05) is 30.1 Å². The van der Waals surface area contributed by atoms with Gasteiger partial charge in [-0.05, 0) is 37.8 Å². The maximum absolute atomic E-state index is 5.53. The van der Waals surface area contributed by atoms with Crippen LogP contribution in [0.3, 0.4) is 0 Å². The third kappa shape index (κ3) is 2.70. The molecule has 0 amide bonds. The average Bonchev–Trinajstić information content (AvgIpc) is 3.34. The van der Waals surface area contributed by atoms with Crippen LogP contribution >= 0.6 is 11.3 Å². The molecule has 4 heterocycles. The van der Waals surface area contributed by atoms with Gasteiger partial charge in [-0.3, -0.25) is 10.00 Å². The van der Waals surface area contributed by atoms with Crippen LogP contribution in [-0.4, -0.2) is 26.8 Å². The van der Waals surface area contributed by atoms with Gasteiger partial charge in [0.15, 0.2) is 0 Å². The van der Waals surface area contributed by atoms with Crippen molar-refractivity contribution >= 4 is 11.3 Å². The first-order valence-corrected chi connectivity index (χ1v) is 9.41. The molecule has 0 saturated carbocycles. The minimum atomic E-state index is 0.400. The van der Waals surface area contributed by atoms with Crippen molar-refractivity contribution in [3.63, 3.8) is 0 Å². The van der Waals surface area contributed by atoms with E-state index in [-0.39, 0.29) is 0 Å². The molecule has 6 heteroatoms. The molecule has 1 fully saturated rings. The van der Waals surface area contributed by atoms with Crippen LogP contribution in [0.1, 0.15) is 48.4 Å². The summed E-state index contributed by atoms with van der Waals surface area (Å²) >= 11 is 1.75. The highest BCUT2D eigenvalue weighted by molar-refractivity contribution is 7.13. The molecule has 1 saturated heterocycles. The first kappa shape index (κ1) is 15.6. The molecule has 0 unspecified atom stereocenters. The molecule has 0 radical (unpaired) electrons. The number of nitrogens with one attached hydrogen (secondary N) is 1. The predicted molar refractivity (Wildman–Crippen MR) is 94.9 cm³/mol. The van der Waals surface area contributed by atoms with Crippen molar-refractivity contribution in [2.45, 2.75) is 45.7 Å². The fourth-order valence-electron chi connectivity index (χ4n) is 3.73. The third-order valence-corrected chi connectivity index (χ3v) is 5.75. The van der Waals surface area contributed by atoms with E-state index >= 15 is 0 Å². The molecule has 5 nitrogen and oxygen atoms in total. The van der Waals surface area contributed by atoms with E-state index in [9.17, 15) is 0 Å². The maximum atomic E-state index is 5.53. The number of hydrogen-bond acceptors (Lipinski definition) is 5. The van der Waals surface area contributed by atoms with Crippen molar-refractivity contribution in [2.75, 3.05) is 6.54 Å². The van der Waals surface area contributed by atoms with E-state index in [1.807, 2.05) is 6.20 Å². The summed E-state index contributed by atoms with van der Waals surface area (Å²) in [6.07, 6.45) is 5.24. The molecule has 0 spiro atoms. The zero-order valence-electron chi connectivity index (χ0n) is 14.1. The van der Waals surface area contributed by atoms with Crippen LogP contribution in [-0.2, 0) is 13.0 Å². The Bertz CT molecular complexity index is 805. The quantitative estimate of drug-likeness (QED) is 0.749. The number of aryl methyl sites for hydroxylation is 2. The number of hydrogen-bond donors (Lipinski definition) is 1. The number of rotatable bonds is 5. The second-order valence-corrected chi connectivity index (χ2v) is 7.28. The molecular formula is C18H22N4OS. The van der Waals surface area contributed by atoms with Crippen molar-refractivity contribution in [1.82, 2.24) is 20.3 Å². The van der Waals surface area contributed by atoms with Gasteiger partial charge in [0.1, 0.15) is 5.76 Å². The highest BCUT2D eigenvalue weighted by Gasteiger charge is 2.31. The molecule has 1 atom stereocenters. The van der Waals surface area contributed by atoms with Crippen LogP contribution < -0.4 is 0 Å². The van der Waals surface area contributed by atoms with E-state index in [1.165, 1.54) is 28.8 Å². The van der Waals surface area contributed by atoms with Gasteiger partial charge in [-0.15, -0.1) is 11.3 Å². The average molecular weight is 342 g/mol. The van der Waals surface area contributed by atoms with Crippen LogP contribution in [0, 0.1) is 6.92 Å². The van der Waals surface area contributed by atoms with Gasteiger partial charge in [-0.1, -0.05) is 18.1 Å². The molecule has 0 aromatic carbocycles. The molecule has 126 valence electrons. The molecule has 1 N–H and O–H groups in total. The van der Waals surface area contributed by atoms with Crippen LogP contribution in [0.5, 0.6) is 0 Å². The number of aromatic nitrogens is 3. The van der Waals surface area contributed by atoms with E-state index in [2.05, 4.69) is 51.6 Å². The Morgan fingerprint density at radius 2 is 2.38 bits per heavy atom. The zero-order chi connectivity index (χ0) is 16.5. The lowest BCUT2D eigenvalue weighted by atomic mass is 10.0. The molecule has 3 aromatic heterocycles. The second kappa shape index (κ2) is 6.53. The summed E-state index contributed by atoms with van der Waals surface area (Å²) < 4.78 is 5.53. The van der Waals surface area contributed by atoms with Crippen molar-refractivity contribution in [3.8, 4) is 10.6 Å². The lowest BCUT2D eigenvalue weighted by Gasteiger charge is -2.24. The second-order valence-electron chi connectivity index (χ2n) is 6.33. The topological polar surface area (TPSA) is 58.0 Å². The summed E-state index contributed by atoms with van der Waals surface area (Å²) in [5, 5.41) is 13.8. The van der Waals surface area contributed by atoms with E-state index in [4.69, 9.17) is 4.52 Å². The van der Waals surface area contributed by atoms with E-state index in [0.717, 1.165) is 36.7 Å². The summed E-state index contributed by atoms with van der Waals surface area (Å²) in [4.78, 5) is 3.79. The van der Waals surface area contributed by atoms with Gasteiger partial charge in [0.25, 0.3) is 0 Å². The summed E-state index contributed by atoms with van der Waals surface area (Å²) in [7, 11) is 0. The summed E-state index contributed by atoms with van der Waals surface area (Å²) in [5.74, 6) is 1.04. The number of thiophene rings is 1. The fraction of sp³-hybridized carbons (Fsp3) is 0.444. The van der Waals surface area contributed by atoms with Crippen LogP contribution in [0.2, 0.25) is 0 Å². The summed E-state index contributed by atoms with van der Waals surface area (Å²) in [6, 6.07) is 4.62. The van der Waals surface area contributed by atoms with Gasteiger partial charge < -0.3 is 4.52 Å². The lowest BCUT2D eigenvalue weighted by molar-refractivity contribution is 0.245. The fourth-order valence-corrected chi connectivity index (χ4v) is 4.49. The Kier molecular flexibility index (Phi) is 4.24. The normalized spacial score (nSPS) is 18.5. The lowest BCUT2D eigenvalue weighted by Crippen LogP contribution is -2.23. The highest BCUT2D eigenvalue weighted by atomic mass is 32.1. The van der Waals surface area contributed by atoms with Crippen LogP contribution in [0.4, 0.5) is 0 Å². The van der Waals surface area contributed by atoms with E-state index < -0.39 is 0 Å². The van der Waals surface area contributed by atoms with E-state index in [1.54, 1.807) is 11.3 Å². The molecule has 4 rings (SSSR count). The van der Waals surface area contributed by atoms with Crippen LogP contribution in [0.15, 0.2) is 28.2 Å². The predicted octanol–water partition coefficient (Wildman–Crippen LogP) is 4.33. The van der Waals surface area contributed by atoms with Gasteiger partial charge in [0.2, 0.25) is 0 Å². The van der Waals surface area contributed by atoms with Gasteiger partial charge >= 0.3 is 0 Å². The Hall–Kier alpha value is -1.92. The standard InChI is InChI=1S/C18H22N4OS/c1-3-15-17(12(2)21-23-15)14-6-4-8-22(14)11-13-10-19-20-18(13)16-7-5-9-24-16/h5,7,9-10,14H,3-4,6,8,11H2,1-2H3,(H,19,20)/t14-/m1/s1. The minimum Gasteiger partial charge on any atom is -0.361 e. The molecule has 1 aliphatic heterocycles. The zero-order valence-corrected chi connectivity index (χ0v) is 14.9. The monoisotopic (exact) mass is 342 g/mol. The Balaban J connectivity index is 1.61. The Labute approximate surface area is 145 Å². The van der Waals surface area contributed by atoms with Crippen molar-refractivity contribution in [1.29, 1.82) is 0 Å². The molecular weight excluding hydrogens is 320 g/mol. The van der Waals surface area contributed by atoms with Gasteiger partial charge in [-0.2, -0.15) is 5.10 Å². The largest absolute Gasteiger partial charge is 0.361 e. The maximum Gasteiger partial charge on any atom is 0.141 e. The smallest absolute Gasteiger partial charge is 0.141 e. The van der Waals surface area contributed by atoms with Gasteiger partial charge in [0.05, 0.1) is 22.5 Å². The van der Waals surface area contributed by atoms with Crippen molar-refractivity contribution < 1.29 is 4.52 Å². The number of likely N-dealkylation sites (tertiary alicyclic amines) is 1. The van der Waals surface area contributed by atoms with Crippen molar-refractivity contribution in [3.05, 3.63) is 46.3 Å². The highest BCUT2D eigenvalue weighted by Crippen LogP contribution is 2.38. The number of H-pyrrole nitrogens is 1. The SMILES string of the molecule is CCc1onc(C)c1[C@H]1CCCN1Cc1cn[nH]c1-c1cccs1. The minimum absolute atomic E-state index is 0.400. The third-order valence-electron chi connectivity index (χ3n) is 4.86. The molecule has 24 heavy (non-hydrogen) atoms. The van der Waals surface area contributed by atoms with Crippen LogP contribution in [0.25, 0.3) is 10.6 Å². The van der Waals surface area contributed by atoms with Crippen molar-refractivity contribution in [2.24, 2.45) is 0 Å². The first-order valence-electron chi connectivity index (χ1n) is 8.53.